The molecule has 2 N–H and O–H groups in total. The van der Waals surface area contributed by atoms with Gasteiger partial charge in [0, 0.05) is 12.6 Å². The molecule has 0 aliphatic rings. The van der Waals surface area contributed by atoms with Crippen LogP contribution >= 0.6 is 0 Å². The predicted molar refractivity (Wildman–Crippen MR) is 55.6 cm³/mol. The van der Waals surface area contributed by atoms with Crippen molar-refractivity contribution in [2.24, 2.45) is 5.92 Å². The van der Waals surface area contributed by atoms with Gasteiger partial charge in [-0.25, -0.2) is 0 Å². The standard InChI is InChI=1S/C10H22N2O/c1-5-6-11-10(13)7-12-9(4)8(2)3/h8-9,12H,5-7H2,1-4H3,(H,11,13). The number of amides is 1. The van der Waals surface area contributed by atoms with Crippen LogP contribution in [0.25, 0.3) is 0 Å². The van der Waals surface area contributed by atoms with Crippen LogP contribution in [0.1, 0.15) is 34.1 Å². The van der Waals surface area contributed by atoms with Crippen LogP contribution < -0.4 is 10.6 Å². The van der Waals surface area contributed by atoms with E-state index in [4.69, 9.17) is 0 Å². The van der Waals surface area contributed by atoms with E-state index < -0.39 is 0 Å². The first-order chi connectivity index (χ1) is 6.07. The molecule has 1 amide bonds. The van der Waals surface area contributed by atoms with Gasteiger partial charge in [-0.15, -0.1) is 0 Å². The summed E-state index contributed by atoms with van der Waals surface area (Å²) in [4.78, 5) is 11.2. The molecule has 78 valence electrons. The first-order valence-corrected chi connectivity index (χ1v) is 5.08. The molecule has 0 aliphatic heterocycles. The average molecular weight is 186 g/mol. The number of hydrogen-bond donors (Lipinski definition) is 2. The van der Waals surface area contributed by atoms with Crippen LogP contribution in [0.3, 0.4) is 0 Å². The second kappa shape index (κ2) is 6.89. The van der Waals surface area contributed by atoms with Gasteiger partial charge in [0.2, 0.25) is 5.91 Å². The van der Waals surface area contributed by atoms with E-state index in [1.54, 1.807) is 0 Å². The monoisotopic (exact) mass is 186 g/mol. The average Bonchev–Trinajstić information content (AvgIpc) is 2.10. The molecule has 0 aromatic heterocycles. The molecule has 0 radical (unpaired) electrons. The van der Waals surface area contributed by atoms with Gasteiger partial charge in [0.25, 0.3) is 0 Å². The Morgan fingerprint density at radius 1 is 1.31 bits per heavy atom. The van der Waals surface area contributed by atoms with Crippen molar-refractivity contribution in [1.29, 1.82) is 0 Å². The van der Waals surface area contributed by atoms with Crippen LogP contribution in [-0.2, 0) is 4.79 Å². The fourth-order valence-electron chi connectivity index (χ4n) is 0.816. The van der Waals surface area contributed by atoms with Gasteiger partial charge in [0.15, 0.2) is 0 Å². The topological polar surface area (TPSA) is 41.1 Å². The third-order valence-corrected chi connectivity index (χ3v) is 2.16. The van der Waals surface area contributed by atoms with Crippen LogP contribution in [0.2, 0.25) is 0 Å². The molecule has 0 saturated carbocycles. The number of hydrogen-bond acceptors (Lipinski definition) is 2. The molecule has 0 bridgehead atoms. The first-order valence-electron chi connectivity index (χ1n) is 5.08. The normalized spacial score (nSPS) is 13.0. The Hall–Kier alpha value is -0.570. The number of rotatable bonds is 6. The van der Waals surface area contributed by atoms with E-state index in [9.17, 15) is 4.79 Å². The maximum absolute atomic E-state index is 11.2. The van der Waals surface area contributed by atoms with E-state index in [0.29, 0.717) is 18.5 Å². The number of nitrogens with one attached hydrogen (secondary N) is 2. The van der Waals surface area contributed by atoms with E-state index in [2.05, 4.69) is 31.4 Å². The highest BCUT2D eigenvalue weighted by molar-refractivity contribution is 5.77. The molecule has 0 aromatic carbocycles. The molecule has 0 fully saturated rings. The first kappa shape index (κ1) is 12.4. The minimum absolute atomic E-state index is 0.0920. The largest absolute Gasteiger partial charge is 0.355 e. The molecule has 0 heterocycles. The zero-order chi connectivity index (χ0) is 10.3. The van der Waals surface area contributed by atoms with Gasteiger partial charge < -0.3 is 10.6 Å². The lowest BCUT2D eigenvalue weighted by Gasteiger charge is -2.16. The maximum atomic E-state index is 11.2. The fourth-order valence-corrected chi connectivity index (χ4v) is 0.816. The summed E-state index contributed by atoms with van der Waals surface area (Å²) in [6.07, 6.45) is 0.992. The minimum Gasteiger partial charge on any atom is -0.355 e. The van der Waals surface area contributed by atoms with Gasteiger partial charge >= 0.3 is 0 Å². The van der Waals surface area contributed by atoms with Crippen molar-refractivity contribution in [2.45, 2.75) is 40.2 Å². The smallest absolute Gasteiger partial charge is 0.233 e. The van der Waals surface area contributed by atoms with Crippen molar-refractivity contribution < 1.29 is 4.79 Å². The molecular weight excluding hydrogens is 164 g/mol. The lowest BCUT2D eigenvalue weighted by atomic mass is 10.1. The van der Waals surface area contributed by atoms with Crippen LogP contribution in [-0.4, -0.2) is 25.0 Å². The van der Waals surface area contributed by atoms with E-state index in [-0.39, 0.29) is 5.91 Å². The Kier molecular flexibility index (Phi) is 6.59. The second-order valence-electron chi connectivity index (χ2n) is 3.76. The van der Waals surface area contributed by atoms with Crippen LogP contribution in [0, 0.1) is 5.92 Å². The fraction of sp³-hybridized carbons (Fsp3) is 0.900. The van der Waals surface area contributed by atoms with Gasteiger partial charge in [-0.2, -0.15) is 0 Å². The Labute approximate surface area is 81.3 Å². The van der Waals surface area contributed by atoms with Crippen molar-refractivity contribution in [3.8, 4) is 0 Å². The second-order valence-corrected chi connectivity index (χ2v) is 3.76. The Bertz CT molecular complexity index is 146. The summed E-state index contributed by atoms with van der Waals surface area (Å²) in [6, 6.07) is 0.396. The van der Waals surface area contributed by atoms with Crippen LogP contribution in [0.5, 0.6) is 0 Å². The SMILES string of the molecule is CCCNC(=O)CNC(C)C(C)C. The summed E-state index contributed by atoms with van der Waals surface area (Å²) >= 11 is 0. The molecule has 3 heteroatoms. The van der Waals surface area contributed by atoms with E-state index in [1.165, 1.54) is 0 Å². The molecule has 3 nitrogen and oxygen atoms in total. The van der Waals surface area contributed by atoms with E-state index >= 15 is 0 Å². The van der Waals surface area contributed by atoms with Gasteiger partial charge in [-0.05, 0) is 19.3 Å². The molecule has 0 aromatic rings. The van der Waals surface area contributed by atoms with Crippen molar-refractivity contribution in [3.63, 3.8) is 0 Å². The molecular formula is C10H22N2O. The van der Waals surface area contributed by atoms with Gasteiger partial charge in [0.05, 0.1) is 6.54 Å². The van der Waals surface area contributed by atoms with Gasteiger partial charge in [0.1, 0.15) is 0 Å². The quantitative estimate of drug-likeness (QED) is 0.653. The molecule has 0 rings (SSSR count). The third-order valence-electron chi connectivity index (χ3n) is 2.16. The summed E-state index contributed by atoms with van der Waals surface area (Å²) in [7, 11) is 0. The molecule has 0 saturated heterocycles. The summed E-state index contributed by atoms with van der Waals surface area (Å²) in [5.74, 6) is 0.660. The van der Waals surface area contributed by atoms with Crippen LogP contribution in [0.4, 0.5) is 0 Å². The Morgan fingerprint density at radius 3 is 2.38 bits per heavy atom. The zero-order valence-corrected chi connectivity index (χ0v) is 9.18. The van der Waals surface area contributed by atoms with Crippen molar-refractivity contribution >= 4 is 5.91 Å². The summed E-state index contributed by atoms with van der Waals surface area (Å²) in [5.41, 5.74) is 0. The minimum atomic E-state index is 0.0920. The summed E-state index contributed by atoms with van der Waals surface area (Å²) < 4.78 is 0. The molecule has 13 heavy (non-hydrogen) atoms. The van der Waals surface area contributed by atoms with Crippen molar-refractivity contribution in [1.82, 2.24) is 10.6 Å². The summed E-state index contributed by atoms with van der Waals surface area (Å²) in [5, 5.41) is 6.00. The highest BCUT2D eigenvalue weighted by atomic mass is 16.1. The predicted octanol–water partition coefficient (Wildman–Crippen LogP) is 1.15. The van der Waals surface area contributed by atoms with Crippen molar-refractivity contribution in [2.75, 3.05) is 13.1 Å². The highest BCUT2D eigenvalue weighted by Crippen LogP contribution is 1.98. The number of carbonyl (C=O) groups excluding carboxylic acids is 1. The Balaban J connectivity index is 3.46. The Morgan fingerprint density at radius 2 is 1.92 bits per heavy atom. The van der Waals surface area contributed by atoms with Crippen molar-refractivity contribution in [3.05, 3.63) is 0 Å². The highest BCUT2D eigenvalue weighted by Gasteiger charge is 2.07. The molecule has 0 aliphatic carbocycles. The van der Waals surface area contributed by atoms with Crippen LogP contribution in [0.15, 0.2) is 0 Å². The van der Waals surface area contributed by atoms with Gasteiger partial charge in [-0.3, -0.25) is 4.79 Å². The molecule has 0 spiro atoms. The zero-order valence-electron chi connectivity index (χ0n) is 9.18. The third kappa shape index (κ3) is 6.58. The van der Waals surface area contributed by atoms with E-state index in [1.807, 2.05) is 6.92 Å². The molecule has 1 unspecified atom stereocenters. The maximum Gasteiger partial charge on any atom is 0.233 e. The summed E-state index contributed by atoms with van der Waals surface area (Å²) in [6.45, 7) is 9.63. The van der Waals surface area contributed by atoms with Gasteiger partial charge in [-0.1, -0.05) is 20.8 Å². The number of carbonyl (C=O) groups is 1. The lowest BCUT2D eigenvalue weighted by molar-refractivity contribution is -0.120. The lowest BCUT2D eigenvalue weighted by Crippen LogP contribution is -2.40. The van der Waals surface area contributed by atoms with E-state index in [0.717, 1.165) is 13.0 Å². The molecule has 1 atom stereocenters.